The SMILES string of the molecule is CCCCCCCCCCCCNC(=O)C(=O)Nc1ccccc1OCC. The van der Waals surface area contributed by atoms with Crippen molar-refractivity contribution in [2.24, 2.45) is 0 Å². The zero-order valence-electron chi connectivity index (χ0n) is 17.0. The second-order valence-electron chi connectivity index (χ2n) is 6.82. The molecule has 0 unspecified atom stereocenters. The lowest BCUT2D eigenvalue weighted by Crippen LogP contribution is -2.36. The molecule has 0 aliphatic rings. The molecule has 5 heteroatoms. The smallest absolute Gasteiger partial charge is 0.313 e. The Morgan fingerprint density at radius 2 is 1.41 bits per heavy atom. The fourth-order valence-corrected chi connectivity index (χ4v) is 2.92. The van der Waals surface area contributed by atoms with Gasteiger partial charge in [0.1, 0.15) is 5.75 Å². The molecule has 2 amide bonds. The maximum atomic E-state index is 12.0. The molecule has 0 aliphatic carbocycles. The van der Waals surface area contributed by atoms with Crippen LogP contribution >= 0.6 is 0 Å². The second-order valence-corrected chi connectivity index (χ2v) is 6.82. The first-order valence-corrected chi connectivity index (χ1v) is 10.5. The summed E-state index contributed by atoms with van der Waals surface area (Å²) < 4.78 is 5.44. The molecule has 5 nitrogen and oxygen atoms in total. The molecule has 27 heavy (non-hydrogen) atoms. The molecular formula is C22H36N2O3. The number of benzene rings is 1. The number of carbonyl (C=O) groups excluding carboxylic acids is 2. The summed E-state index contributed by atoms with van der Waals surface area (Å²) in [6, 6.07) is 7.10. The minimum Gasteiger partial charge on any atom is -0.492 e. The minimum atomic E-state index is -0.658. The third-order valence-electron chi connectivity index (χ3n) is 4.46. The van der Waals surface area contributed by atoms with Crippen LogP contribution in [0.15, 0.2) is 24.3 Å². The standard InChI is InChI=1S/C22H36N2O3/c1-3-5-6-7-8-9-10-11-12-15-18-23-21(25)22(26)24-19-16-13-14-17-20(19)27-4-2/h13-14,16-17H,3-12,15,18H2,1-2H3,(H,23,25)(H,24,26). The van der Waals surface area contributed by atoms with Gasteiger partial charge in [0.05, 0.1) is 12.3 Å². The number of hydrogen-bond acceptors (Lipinski definition) is 3. The number of carbonyl (C=O) groups is 2. The molecule has 0 spiro atoms. The molecule has 0 aromatic heterocycles. The quantitative estimate of drug-likeness (QED) is 0.352. The zero-order valence-corrected chi connectivity index (χ0v) is 17.0. The summed E-state index contributed by atoms with van der Waals surface area (Å²) in [7, 11) is 0. The minimum absolute atomic E-state index is 0.498. The third kappa shape index (κ3) is 10.6. The van der Waals surface area contributed by atoms with Gasteiger partial charge in [-0.1, -0.05) is 76.8 Å². The van der Waals surface area contributed by atoms with Crippen LogP contribution in [0.5, 0.6) is 5.75 Å². The number of unbranched alkanes of at least 4 members (excludes halogenated alkanes) is 9. The number of para-hydroxylation sites is 2. The summed E-state index contributed by atoms with van der Waals surface area (Å²) in [5, 5.41) is 5.30. The van der Waals surface area contributed by atoms with E-state index in [1.165, 1.54) is 51.4 Å². The number of ether oxygens (including phenoxy) is 1. The van der Waals surface area contributed by atoms with Crippen LogP contribution in [0.2, 0.25) is 0 Å². The van der Waals surface area contributed by atoms with Crippen LogP contribution in [0, 0.1) is 0 Å². The molecule has 0 heterocycles. The summed E-state index contributed by atoms with van der Waals surface area (Å²) in [5.74, 6) is -0.692. The van der Waals surface area contributed by atoms with E-state index >= 15 is 0 Å². The lowest BCUT2D eigenvalue weighted by atomic mass is 10.1. The van der Waals surface area contributed by atoms with Crippen molar-refractivity contribution in [3.63, 3.8) is 0 Å². The van der Waals surface area contributed by atoms with Crippen molar-refractivity contribution < 1.29 is 14.3 Å². The van der Waals surface area contributed by atoms with E-state index in [0.717, 1.165) is 12.8 Å². The lowest BCUT2D eigenvalue weighted by molar-refractivity contribution is -0.136. The number of hydrogen-bond donors (Lipinski definition) is 2. The number of nitrogens with one attached hydrogen (secondary N) is 2. The maximum absolute atomic E-state index is 12.0. The Morgan fingerprint density at radius 1 is 0.815 bits per heavy atom. The van der Waals surface area contributed by atoms with E-state index in [0.29, 0.717) is 24.6 Å². The molecule has 1 rings (SSSR count). The van der Waals surface area contributed by atoms with Gasteiger partial charge in [0.15, 0.2) is 0 Å². The average molecular weight is 377 g/mol. The van der Waals surface area contributed by atoms with Crippen molar-refractivity contribution in [3.05, 3.63) is 24.3 Å². The average Bonchev–Trinajstić information content (AvgIpc) is 2.67. The van der Waals surface area contributed by atoms with Gasteiger partial charge < -0.3 is 15.4 Å². The summed E-state index contributed by atoms with van der Waals surface area (Å²) in [5.41, 5.74) is 0.512. The van der Waals surface area contributed by atoms with E-state index < -0.39 is 11.8 Å². The summed E-state index contributed by atoms with van der Waals surface area (Å²) in [6.45, 7) is 5.15. The molecule has 0 saturated carbocycles. The summed E-state index contributed by atoms with van der Waals surface area (Å²) >= 11 is 0. The van der Waals surface area contributed by atoms with Crippen molar-refractivity contribution in [3.8, 4) is 5.75 Å². The van der Waals surface area contributed by atoms with Gasteiger partial charge in [-0.25, -0.2) is 0 Å². The zero-order chi connectivity index (χ0) is 19.7. The van der Waals surface area contributed by atoms with Crippen LogP contribution in [0.1, 0.15) is 78.1 Å². The highest BCUT2D eigenvalue weighted by atomic mass is 16.5. The lowest BCUT2D eigenvalue weighted by Gasteiger charge is -2.11. The molecule has 1 aromatic carbocycles. The van der Waals surface area contributed by atoms with E-state index in [1.807, 2.05) is 13.0 Å². The van der Waals surface area contributed by atoms with E-state index in [4.69, 9.17) is 4.74 Å². The van der Waals surface area contributed by atoms with Crippen LogP contribution in [-0.2, 0) is 9.59 Å². The van der Waals surface area contributed by atoms with Gasteiger partial charge in [-0.3, -0.25) is 9.59 Å². The molecule has 0 atom stereocenters. The number of anilines is 1. The third-order valence-corrected chi connectivity index (χ3v) is 4.46. The largest absolute Gasteiger partial charge is 0.492 e. The van der Waals surface area contributed by atoms with Crippen molar-refractivity contribution >= 4 is 17.5 Å². The fraction of sp³-hybridized carbons (Fsp3) is 0.636. The molecule has 0 bridgehead atoms. The van der Waals surface area contributed by atoms with Gasteiger partial charge in [0.2, 0.25) is 0 Å². The summed E-state index contributed by atoms with van der Waals surface area (Å²) in [4.78, 5) is 23.9. The molecule has 152 valence electrons. The van der Waals surface area contributed by atoms with Crippen LogP contribution in [0.25, 0.3) is 0 Å². The first-order chi connectivity index (χ1) is 13.2. The summed E-state index contributed by atoms with van der Waals surface area (Å²) in [6.07, 6.45) is 12.4. The highest BCUT2D eigenvalue weighted by molar-refractivity contribution is 6.39. The highest BCUT2D eigenvalue weighted by Gasteiger charge is 2.15. The fourth-order valence-electron chi connectivity index (χ4n) is 2.92. The molecular weight excluding hydrogens is 340 g/mol. The van der Waals surface area contributed by atoms with Gasteiger partial charge in [-0.05, 0) is 25.5 Å². The predicted octanol–water partition coefficient (Wildman–Crippen LogP) is 5.06. The van der Waals surface area contributed by atoms with Gasteiger partial charge in [-0.2, -0.15) is 0 Å². The molecule has 0 saturated heterocycles. The molecule has 0 radical (unpaired) electrons. The van der Waals surface area contributed by atoms with Crippen LogP contribution < -0.4 is 15.4 Å². The number of rotatable bonds is 14. The van der Waals surface area contributed by atoms with Gasteiger partial charge in [-0.15, -0.1) is 0 Å². The Morgan fingerprint density at radius 3 is 2.04 bits per heavy atom. The molecule has 0 aliphatic heterocycles. The topological polar surface area (TPSA) is 67.4 Å². The van der Waals surface area contributed by atoms with Crippen molar-refractivity contribution in [1.82, 2.24) is 5.32 Å². The van der Waals surface area contributed by atoms with Crippen LogP contribution in [0.4, 0.5) is 5.69 Å². The van der Waals surface area contributed by atoms with Crippen molar-refractivity contribution in [2.45, 2.75) is 78.1 Å². The predicted molar refractivity (Wildman–Crippen MR) is 111 cm³/mol. The van der Waals surface area contributed by atoms with Gasteiger partial charge in [0.25, 0.3) is 0 Å². The first-order valence-electron chi connectivity index (χ1n) is 10.5. The Kier molecular flexibility index (Phi) is 12.8. The normalized spacial score (nSPS) is 10.4. The Hall–Kier alpha value is -2.04. The van der Waals surface area contributed by atoms with E-state index in [1.54, 1.807) is 18.2 Å². The second kappa shape index (κ2) is 15.1. The van der Waals surface area contributed by atoms with Crippen LogP contribution in [0.3, 0.4) is 0 Å². The highest BCUT2D eigenvalue weighted by Crippen LogP contribution is 2.23. The monoisotopic (exact) mass is 376 g/mol. The van der Waals surface area contributed by atoms with Crippen LogP contribution in [-0.4, -0.2) is 25.0 Å². The van der Waals surface area contributed by atoms with Gasteiger partial charge in [0, 0.05) is 6.54 Å². The van der Waals surface area contributed by atoms with Crippen molar-refractivity contribution in [2.75, 3.05) is 18.5 Å². The number of amides is 2. The Bertz CT molecular complexity index is 546. The Balaban J connectivity index is 2.10. The molecule has 2 N–H and O–H groups in total. The molecule has 1 aromatic rings. The van der Waals surface area contributed by atoms with E-state index in [9.17, 15) is 9.59 Å². The van der Waals surface area contributed by atoms with Gasteiger partial charge >= 0.3 is 11.8 Å². The molecule has 0 fully saturated rings. The van der Waals surface area contributed by atoms with E-state index in [2.05, 4.69) is 17.6 Å². The first kappa shape index (κ1) is 23.0. The maximum Gasteiger partial charge on any atom is 0.313 e. The Labute approximate surface area is 164 Å². The van der Waals surface area contributed by atoms with Crippen molar-refractivity contribution in [1.29, 1.82) is 0 Å². The van der Waals surface area contributed by atoms with E-state index in [-0.39, 0.29) is 0 Å².